The molecule has 0 bridgehead atoms. The van der Waals surface area contributed by atoms with Crippen molar-refractivity contribution in [2.24, 2.45) is 0 Å². The van der Waals surface area contributed by atoms with E-state index in [2.05, 4.69) is 31.1 Å². The highest BCUT2D eigenvalue weighted by molar-refractivity contribution is 9.10. The van der Waals surface area contributed by atoms with E-state index in [4.69, 9.17) is 0 Å². The molecule has 3 heterocycles. The van der Waals surface area contributed by atoms with Gasteiger partial charge in [-0.25, -0.2) is 4.98 Å². The fourth-order valence-electron chi connectivity index (χ4n) is 1.55. The fraction of sp³-hybridized carbons (Fsp3) is 0. The van der Waals surface area contributed by atoms with Gasteiger partial charge in [0.05, 0.1) is 0 Å². The van der Waals surface area contributed by atoms with E-state index in [1.165, 1.54) is 0 Å². The van der Waals surface area contributed by atoms with Crippen molar-refractivity contribution in [3.05, 3.63) is 47.2 Å². The molecule has 78 valence electrons. The maximum atomic E-state index is 4.36. The molecule has 0 aliphatic heterocycles. The van der Waals surface area contributed by atoms with Gasteiger partial charge < -0.3 is 0 Å². The van der Waals surface area contributed by atoms with E-state index in [0.29, 0.717) is 0 Å². The molecule has 0 aliphatic rings. The number of pyridine rings is 2. The van der Waals surface area contributed by atoms with E-state index in [-0.39, 0.29) is 0 Å². The third-order valence-electron chi connectivity index (χ3n) is 2.26. The number of halogens is 1. The summed E-state index contributed by atoms with van der Waals surface area (Å²) in [4.78, 5) is 4.36. The molecule has 0 saturated heterocycles. The highest BCUT2D eigenvalue weighted by Crippen LogP contribution is 2.17. The quantitative estimate of drug-likeness (QED) is 0.641. The van der Waals surface area contributed by atoms with Gasteiger partial charge in [0.25, 0.3) is 0 Å². The molecule has 0 amide bonds. The summed E-state index contributed by atoms with van der Waals surface area (Å²) < 4.78 is 2.70. The minimum absolute atomic E-state index is 0.747. The average Bonchev–Trinajstić information content (AvgIpc) is 2.72. The maximum absolute atomic E-state index is 4.36. The Morgan fingerprint density at radius 3 is 2.81 bits per heavy atom. The molecule has 0 saturated carbocycles. The first kappa shape index (κ1) is 9.47. The Bertz CT molecular complexity index is 647. The van der Waals surface area contributed by atoms with Crippen LogP contribution in [0.15, 0.2) is 47.2 Å². The normalized spacial score (nSPS) is 10.8. The molecular formula is C11H7BrN4. The first-order valence-corrected chi connectivity index (χ1v) is 5.56. The third-order valence-corrected chi connectivity index (χ3v) is 2.70. The zero-order valence-corrected chi connectivity index (χ0v) is 9.79. The second-order valence-corrected chi connectivity index (χ2v) is 4.11. The van der Waals surface area contributed by atoms with Gasteiger partial charge in [0.1, 0.15) is 10.3 Å². The van der Waals surface area contributed by atoms with Crippen LogP contribution in [0, 0.1) is 0 Å². The summed E-state index contributed by atoms with van der Waals surface area (Å²) >= 11 is 3.34. The number of rotatable bonds is 1. The second-order valence-electron chi connectivity index (χ2n) is 3.30. The Labute approximate surface area is 100 Å². The van der Waals surface area contributed by atoms with Gasteiger partial charge in [-0.1, -0.05) is 12.1 Å². The zero-order chi connectivity index (χ0) is 11.0. The van der Waals surface area contributed by atoms with Crippen LogP contribution in [0.3, 0.4) is 0 Å². The van der Waals surface area contributed by atoms with Crippen LogP contribution in [0.1, 0.15) is 0 Å². The van der Waals surface area contributed by atoms with Crippen molar-refractivity contribution in [1.29, 1.82) is 0 Å². The summed E-state index contributed by atoms with van der Waals surface area (Å²) in [5.74, 6) is 0.747. The monoisotopic (exact) mass is 274 g/mol. The van der Waals surface area contributed by atoms with Crippen molar-refractivity contribution in [3.63, 3.8) is 0 Å². The summed E-state index contributed by atoms with van der Waals surface area (Å²) in [7, 11) is 0. The molecule has 3 aromatic rings. The molecule has 0 unspecified atom stereocenters. The summed E-state index contributed by atoms with van der Waals surface area (Å²) in [5, 5.41) is 8.22. The van der Waals surface area contributed by atoms with Crippen LogP contribution < -0.4 is 0 Å². The van der Waals surface area contributed by atoms with Crippen molar-refractivity contribution in [2.75, 3.05) is 0 Å². The predicted octanol–water partition coefficient (Wildman–Crippen LogP) is 2.55. The van der Waals surface area contributed by atoms with Crippen molar-refractivity contribution in [2.45, 2.75) is 0 Å². The molecular weight excluding hydrogens is 268 g/mol. The van der Waals surface area contributed by atoms with Gasteiger partial charge >= 0.3 is 0 Å². The largest absolute Gasteiger partial charge is 0.281 e. The van der Waals surface area contributed by atoms with Gasteiger partial charge in [-0.05, 0) is 40.2 Å². The molecule has 0 aliphatic carbocycles. The smallest absolute Gasteiger partial charge is 0.187 e. The highest BCUT2D eigenvalue weighted by Gasteiger charge is 2.08. The molecule has 0 N–H and O–H groups in total. The molecule has 0 spiro atoms. The Hall–Kier alpha value is -1.75. The number of hydrogen-bond donors (Lipinski definition) is 0. The lowest BCUT2D eigenvalue weighted by Crippen LogP contribution is -1.91. The summed E-state index contributed by atoms with van der Waals surface area (Å²) in [6.07, 6.45) is 1.92. The fourth-order valence-corrected chi connectivity index (χ4v) is 1.89. The predicted molar refractivity (Wildman–Crippen MR) is 63.9 cm³/mol. The van der Waals surface area contributed by atoms with Crippen molar-refractivity contribution >= 4 is 21.6 Å². The van der Waals surface area contributed by atoms with Gasteiger partial charge in [0, 0.05) is 6.20 Å². The Morgan fingerprint density at radius 2 is 1.94 bits per heavy atom. The molecule has 0 radical (unpaired) electrons. The summed E-state index contributed by atoms with van der Waals surface area (Å²) in [6, 6.07) is 11.5. The van der Waals surface area contributed by atoms with Gasteiger partial charge in [0.15, 0.2) is 11.5 Å². The SMILES string of the molecule is Brc1cccc(-c2nnc3ccccn23)n1. The second kappa shape index (κ2) is 3.68. The molecule has 3 rings (SSSR count). The Kier molecular flexibility index (Phi) is 2.18. The van der Waals surface area contributed by atoms with E-state index >= 15 is 0 Å². The third kappa shape index (κ3) is 1.49. The summed E-state index contributed by atoms with van der Waals surface area (Å²) in [5.41, 5.74) is 1.62. The lowest BCUT2D eigenvalue weighted by molar-refractivity contribution is 1.08. The standard InChI is InChI=1S/C11H7BrN4/c12-9-5-3-4-8(13-9)11-15-14-10-6-1-2-7-16(10)11/h1-7H. The number of nitrogens with zero attached hydrogens (tertiary/aromatic N) is 4. The van der Waals surface area contributed by atoms with Crippen LogP contribution in [0.4, 0.5) is 0 Å². The van der Waals surface area contributed by atoms with Gasteiger partial charge in [-0.3, -0.25) is 4.40 Å². The minimum Gasteiger partial charge on any atom is -0.281 e. The zero-order valence-electron chi connectivity index (χ0n) is 8.21. The summed E-state index contributed by atoms with van der Waals surface area (Å²) in [6.45, 7) is 0. The lowest BCUT2D eigenvalue weighted by Gasteiger charge is -1.98. The van der Waals surface area contributed by atoms with Crippen LogP contribution in [0.2, 0.25) is 0 Å². The van der Waals surface area contributed by atoms with E-state index in [9.17, 15) is 0 Å². The average molecular weight is 275 g/mol. The van der Waals surface area contributed by atoms with Crippen LogP contribution in [0.25, 0.3) is 17.2 Å². The van der Waals surface area contributed by atoms with Gasteiger partial charge in [0.2, 0.25) is 0 Å². The van der Waals surface area contributed by atoms with Crippen molar-refractivity contribution < 1.29 is 0 Å². The van der Waals surface area contributed by atoms with Crippen LogP contribution in [-0.4, -0.2) is 19.6 Å². The van der Waals surface area contributed by atoms with E-state index < -0.39 is 0 Å². The van der Waals surface area contributed by atoms with E-state index in [1.54, 1.807) is 0 Å². The molecule has 16 heavy (non-hydrogen) atoms. The first-order chi connectivity index (χ1) is 7.84. The number of fused-ring (bicyclic) bond motifs is 1. The van der Waals surface area contributed by atoms with Crippen molar-refractivity contribution in [3.8, 4) is 11.5 Å². The molecule has 0 fully saturated rings. The number of aromatic nitrogens is 4. The van der Waals surface area contributed by atoms with Crippen LogP contribution in [-0.2, 0) is 0 Å². The Morgan fingerprint density at radius 1 is 1.00 bits per heavy atom. The number of hydrogen-bond acceptors (Lipinski definition) is 3. The maximum Gasteiger partial charge on any atom is 0.187 e. The topological polar surface area (TPSA) is 43.1 Å². The van der Waals surface area contributed by atoms with Gasteiger partial charge in [-0.2, -0.15) is 0 Å². The van der Waals surface area contributed by atoms with Crippen LogP contribution in [0.5, 0.6) is 0 Å². The first-order valence-electron chi connectivity index (χ1n) is 4.77. The Balaban J connectivity index is 2.26. The van der Waals surface area contributed by atoms with E-state index in [1.807, 2.05) is 47.0 Å². The van der Waals surface area contributed by atoms with Crippen LogP contribution >= 0.6 is 15.9 Å². The molecule has 3 aromatic heterocycles. The van der Waals surface area contributed by atoms with Gasteiger partial charge in [-0.15, -0.1) is 10.2 Å². The lowest BCUT2D eigenvalue weighted by atomic mass is 10.3. The molecule has 0 aromatic carbocycles. The molecule has 4 nitrogen and oxygen atoms in total. The van der Waals surface area contributed by atoms with E-state index in [0.717, 1.165) is 21.8 Å². The molecule has 5 heteroatoms. The van der Waals surface area contributed by atoms with Crippen molar-refractivity contribution in [1.82, 2.24) is 19.6 Å². The highest BCUT2D eigenvalue weighted by atomic mass is 79.9. The minimum atomic E-state index is 0.747. The molecule has 0 atom stereocenters.